The molecular weight excluding hydrogens is 178 g/mol. The molecule has 5 heteroatoms. The molecule has 1 atom stereocenters. The fourth-order valence-electron chi connectivity index (χ4n) is 1.08. The standard InChI is InChI=1S/C9H17N5/c1-3-4-11-9(10)14-7(2)8-5-12-13-6-8/h5-7H,3-4H2,1-2H3,(H,12,13)(H3,10,11,14). The van der Waals surface area contributed by atoms with E-state index >= 15 is 0 Å². The number of rotatable bonds is 4. The summed E-state index contributed by atoms with van der Waals surface area (Å²) in [7, 11) is 0. The lowest BCUT2D eigenvalue weighted by Crippen LogP contribution is -2.33. The molecule has 1 rings (SSSR count). The van der Waals surface area contributed by atoms with Crippen LogP contribution in [0.3, 0.4) is 0 Å². The first-order chi connectivity index (χ1) is 6.74. The molecule has 4 N–H and O–H groups in total. The van der Waals surface area contributed by atoms with Gasteiger partial charge in [0.05, 0.1) is 12.2 Å². The summed E-state index contributed by atoms with van der Waals surface area (Å²) in [6.07, 6.45) is 4.61. The van der Waals surface area contributed by atoms with Crippen LogP contribution in [0.25, 0.3) is 0 Å². The summed E-state index contributed by atoms with van der Waals surface area (Å²) in [5.41, 5.74) is 6.74. The molecule has 0 amide bonds. The predicted molar refractivity (Wildman–Crippen MR) is 56.9 cm³/mol. The molecule has 78 valence electrons. The lowest BCUT2D eigenvalue weighted by Gasteiger charge is -2.12. The van der Waals surface area contributed by atoms with E-state index in [4.69, 9.17) is 5.73 Å². The Morgan fingerprint density at radius 1 is 1.79 bits per heavy atom. The van der Waals surface area contributed by atoms with Crippen LogP contribution in [0.15, 0.2) is 17.4 Å². The highest BCUT2D eigenvalue weighted by molar-refractivity contribution is 5.78. The van der Waals surface area contributed by atoms with E-state index in [2.05, 4.69) is 27.4 Å². The molecule has 0 saturated heterocycles. The zero-order valence-electron chi connectivity index (χ0n) is 8.62. The molecule has 0 aliphatic rings. The quantitative estimate of drug-likeness (QED) is 0.491. The molecule has 5 nitrogen and oxygen atoms in total. The Bertz CT molecular complexity index is 277. The van der Waals surface area contributed by atoms with Crippen LogP contribution in [0.1, 0.15) is 31.9 Å². The topological polar surface area (TPSA) is 79.1 Å². The molecule has 0 aromatic carbocycles. The monoisotopic (exact) mass is 195 g/mol. The molecule has 0 radical (unpaired) electrons. The number of guanidine groups is 1. The van der Waals surface area contributed by atoms with Crippen molar-refractivity contribution in [2.75, 3.05) is 6.54 Å². The summed E-state index contributed by atoms with van der Waals surface area (Å²) in [6, 6.07) is 0.134. The summed E-state index contributed by atoms with van der Waals surface area (Å²) in [5, 5.41) is 9.71. The number of aromatic nitrogens is 2. The van der Waals surface area contributed by atoms with E-state index in [1.54, 1.807) is 6.20 Å². The summed E-state index contributed by atoms with van der Waals surface area (Å²) < 4.78 is 0. The molecule has 14 heavy (non-hydrogen) atoms. The number of H-pyrrole nitrogens is 1. The Morgan fingerprint density at radius 3 is 3.14 bits per heavy atom. The van der Waals surface area contributed by atoms with E-state index in [9.17, 15) is 0 Å². The van der Waals surface area contributed by atoms with Crippen molar-refractivity contribution in [3.63, 3.8) is 0 Å². The van der Waals surface area contributed by atoms with Crippen LogP contribution in [-0.2, 0) is 0 Å². The van der Waals surface area contributed by atoms with Gasteiger partial charge in [0.2, 0.25) is 0 Å². The maximum absolute atomic E-state index is 5.68. The van der Waals surface area contributed by atoms with Crippen LogP contribution < -0.4 is 11.1 Å². The van der Waals surface area contributed by atoms with Gasteiger partial charge in [-0.05, 0) is 13.3 Å². The third-order valence-corrected chi connectivity index (χ3v) is 1.89. The van der Waals surface area contributed by atoms with Crippen molar-refractivity contribution in [3.8, 4) is 0 Å². The van der Waals surface area contributed by atoms with E-state index in [-0.39, 0.29) is 6.04 Å². The normalized spacial score (nSPS) is 14.0. The lowest BCUT2D eigenvalue weighted by atomic mass is 10.2. The van der Waals surface area contributed by atoms with E-state index in [1.807, 2.05) is 13.1 Å². The lowest BCUT2D eigenvalue weighted by molar-refractivity contribution is 0.707. The van der Waals surface area contributed by atoms with Gasteiger partial charge < -0.3 is 11.1 Å². The summed E-state index contributed by atoms with van der Waals surface area (Å²) in [6.45, 7) is 4.84. The highest BCUT2D eigenvalue weighted by Crippen LogP contribution is 2.07. The average molecular weight is 195 g/mol. The van der Waals surface area contributed by atoms with Crippen LogP contribution in [0, 0.1) is 0 Å². The molecule has 0 aliphatic heterocycles. The first-order valence-electron chi connectivity index (χ1n) is 4.79. The van der Waals surface area contributed by atoms with Crippen molar-refractivity contribution in [1.29, 1.82) is 0 Å². The number of nitrogens with one attached hydrogen (secondary N) is 2. The van der Waals surface area contributed by atoms with Crippen LogP contribution in [0.2, 0.25) is 0 Å². The van der Waals surface area contributed by atoms with Crippen molar-refractivity contribution in [3.05, 3.63) is 18.0 Å². The third kappa shape index (κ3) is 3.08. The van der Waals surface area contributed by atoms with Gasteiger partial charge in [0.25, 0.3) is 0 Å². The van der Waals surface area contributed by atoms with Crippen molar-refractivity contribution < 1.29 is 0 Å². The number of aromatic amines is 1. The summed E-state index contributed by atoms with van der Waals surface area (Å²) in [5.74, 6) is 0.487. The Morgan fingerprint density at radius 2 is 2.57 bits per heavy atom. The molecule has 1 unspecified atom stereocenters. The van der Waals surface area contributed by atoms with Gasteiger partial charge in [-0.15, -0.1) is 0 Å². The molecule has 1 aromatic heterocycles. The number of nitrogens with two attached hydrogens (primary N) is 1. The Labute approximate surface area is 83.8 Å². The van der Waals surface area contributed by atoms with Gasteiger partial charge in [-0.1, -0.05) is 6.92 Å². The minimum Gasteiger partial charge on any atom is -0.370 e. The molecule has 0 spiro atoms. The van der Waals surface area contributed by atoms with E-state index in [0.29, 0.717) is 5.96 Å². The Balaban J connectivity index is 2.44. The van der Waals surface area contributed by atoms with Crippen LogP contribution >= 0.6 is 0 Å². The zero-order valence-corrected chi connectivity index (χ0v) is 8.62. The fraction of sp³-hybridized carbons (Fsp3) is 0.556. The first kappa shape index (κ1) is 10.6. The molecule has 1 aromatic rings. The Kier molecular flexibility index (Phi) is 3.97. The summed E-state index contributed by atoms with van der Waals surface area (Å²) in [4.78, 5) is 4.15. The second-order valence-electron chi connectivity index (χ2n) is 3.16. The van der Waals surface area contributed by atoms with Crippen molar-refractivity contribution in [2.45, 2.75) is 26.3 Å². The van der Waals surface area contributed by atoms with E-state index in [0.717, 1.165) is 18.5 Å². The first-order valence-corrected chi connectivity index (χ1v) is 4.79. The number of aliphatic imine (C=N–C) groups is 1. The second kappa shape index (κ2) is 5.26. The van der Waals surface area contributed by atoms with Gasteiger partial charge in [-0.3, -0.25) is 10.1 Å². The maximum atomic E-state index is 5.68. The second-order valence-corrected chi connectivity index (χ2v) is 3.16. The van der Waals surface area contributed by atoms with Crippen LogP contribution in [0.5, 0.6) is 0 Å². The van der Waals surface area contributed by atoms with Gasteiger partial charge >= 0.3 is 0 Å². The predicted octanol–water partition coefficient (Wildman–Crippen LogP) is 0.785. The molecule has 0 aliphatic carbocycles. The zero-order chi connectivity index (χ0) is 10.4. The molecule has 0 fully saturated rings. The smallest absolute Gasteiger partial charge is 0.189 e. The van der Waals surface area contributed by atoms with Crippen molar-refractivity contribution in [2.24, 2.45) is 10.7 Å². The fourth-order valence-corrected chi connectivity index (χ4v) is 1.08. The number of nitrogens with zero attached hydrogens (tertiary/aromatic N) is 2. The maximum Gasteiger partial charge on any atom is 0.189 e. The Hall–Kier alpha value is -1.52. The van der Waals surface area contributed by atoms with Crippen LogP contribution in [0.4, 0.5) is 0 Å². The molecule has 0 saturated carbocycles. The highest BCUT2D eigenvalue weighted by Gasteiger charge is 2.05. The minimum atomic E-state index is 0.134. The minimum absolute atomic E-state index is 0.134. The number of hydrogen-bond donors (Lipinski definition) is 3. The average Bonchev–Trinajstić information content (AvgIpc) is 2.67. The van der Waals surface area contributed by atoms with Crippen molar-refractivity contribution >= 4 is 5.96 Å². The molecular formula is C9H17N5. The molecule has 0 bridgehead atoms. The van der Waals surface area contributed by atoms with E-state index in [1.165, 1.54) is 0 Å². The summed E-state index contributed by atoms with van der Waals surface area (Å²) >= 11 is 0. The van der Waals surface area contributed by atoms with Crippen LogP contribution in [-0.4, -0.2) is 22.7 Å². The highest BCUT2D eigenvalue weighted by atomic mass is 15.1. The van der Waals surface area contributed by atoms with Gasteiger partial charge in [0, 0.05) is 18.3 Å². The SMILES string of the molecule is CCCN=C(N)NC(C)c1cn[nH]c1. The third-order valence-electron chi connectivity index (χ3n) is 1.89. The number of hydrogen-bond acceptors (Lipinski definition) is 2. The molecule has 1 heterocycles. The van der Waals surface area contributed by atoms with E-state index < -0.39 is 0 Å². The van der Waals surface area contributed by atoms with Crippen molar-refractivity contribution in [1.82, 2.24) is 15.5 Å². The van der Waals surface area contributed by atoms with Gasteiger partial charge in [0.1, 0.15) is 0 Å². The largest absolute Gasteiger partial charge is 0.370 e. The van der Waals surface area contributed by atoms with Gasteiger partial charge in [-0.2, -0.15) is 5.10 Å². The van der Waals surface area contributed by atoms with Gasteiger partial charge in [-0.25, -0.2) is 0 Å². The van der Waals surface area contributed by atoms with Gasteiger partial charge in [0.15, 0.2) is 5.96 Å².